The molecule has 3 aromatic rings. The molecule has 0 unspecified atom stereocenters. The van der Waals surface area contributed by atoms with Gasteiger partial charge in [0, 0.05) is 41.8 Å². The molecule has 0 atom stereocenters. The van der Waals surface area contributed by atoms with Crippen molar-refractivity contribution < 1.29 is 9.59 Å². The fourth-order valence-corrected chi connectivity index (χ4v) is 2.66. The van der Waals surface area contributed by atoms with E-state index in [9.17, 15) is 9.59 Å². The predicted octanol–water partition coefficient (Wildman–Crippen LogP) is 3.10. The van der Waals surface area contributed by atoms with E-state index in [0.717, 1.165) is 11.9 Å². The van der Waals surface area contributed by atoms with Crippen LogP contribution >= 0.6 is 0 Å². The molecule has 5 nitrogen and oxygen atoms in total. The van der Waals surface area contributed by atoms with Crippen LogP contribution in [0.25, 0.3) is 10.9 Å². The Labute approximate surface area is 140 Å². The molecule has 1 heterocycles. The van der Waals surface area contributed by atoms with Gasteiger partial charge < -0.3 is 15.6 Å². The first-order chi connectivity index (χ1) is 11.6. The minimum absolute atomic E-state index is 0.121. The van der Waals surface area contributed by atoms with Crippen LogP contribution < -0.4 is 10.6 Å². The van der Waals surface area contributed by atoms with E-state index in [2.05, 4.69) is 21.7 Å². The van der Waals surface area contributed by atoms with Gasteiger partial charge in [-0.25, -0.2) is 0 Å². The van der Waals surface area contributed by atoms with Crippen LogP contribution in [0.1, 0.15) is 22.8 Å². The quantitative estimate of drug-likeness (QED) is 0.675. The van der Waals surface area contributed by atoms with Crippen LogP contribution in [-0.4, -0.2) is 23.3 Å². The first-order valence-corrected chi connectivity index (χ1v) is 7.84. The van der Waals surface area contributed by atoms with E-state index in [4.69, 9.17) is 0 Å². The Hall–Kier alpha value is -3.08. The lowest BCUT2D eigenvalue weighted by Crippen LogP contribution is -2.25. The van der Waals surface area contributed by atoms with Crippen molar-refractivity contribution in [2.75, 3.05) is 11.9 Å². The van der Waals surface area contributed by atoms with Crippen molar-refractivity contribution in [1.82, 2.24) is 10.3 Å². The van der Waals surface area contributed by atoms with Crippen molar-refractivity contribution in [1.29, 1.82) is 0 Å². The summed E-state index contributed by atoms with van der Waals surface area (Å²) in [7, 11) is 0. The maximum absolute atomic E-state index is 12.2. The van der Waals surface area contributed by atoms with Gasteiger partial charge in [0.2, 0.25) is 5.91 Å². The van der Waals surface area contributed by atoms with Gasteiger partial charge in [0.25, 0.3) is 5.91 Å². The number of aromatic amines is 1. The number of H-pyrrole nitrogens is 1. The third kappa shape index (κ3) is 3.63. The summed E-state index contributed by atoms with van der Waals surface area (Å²) in [6, 6.07) is 15.0. The number of anilines is 1. The van der Waals surface area contributed by atoms with Gasteiger partial charge in [0.15, 0.2) is 0 Å². The van der Waals surface area contributed by atoms with E-state index in [1.54, 1.807) is 24.3 Å². The normalized spacial score (nSPS) is 10.5. The van der Waals surface area contributed by atoms with E-state index >= 15 is 0 Å². The Morgan fingerprint density at radius 1 is 1.04 bits per heavy atom. The summed E-state index contributed by atoms with van der Waals surface area (Å²) >= 11 is 0. The van der Waals surface area contributed by atoms with Gasteiger partial charge in [-0.15, -0.1) is 0 Å². The molecule has 0 fully saturated rings. The van der Waals surface area contributed by atoms with Crippen LogP contribution in [0.4, 0.5) is 5.69 Å². The predicted molar refractivity (Wildman–Crippen MR) is 95.1 cm³/mol. The standard InChI is InChI=1S/C19H19N3O2/c1-13(23)22-16-8-6-14(7-9-16)19(24)20-11-10-15-12-21-18-5-3-2-4-17(15)18/h2-9,12,21H,10-11H2,1H3,(H,20,24)(H,22,23). The zero-order valence-corrected chi connectivity index (χ0v) is 13.4. The van der Waals surface area contributed by atoms with Crippen LogP contribution in [0.2, 0.25) is 0 Å². The Morgan fingerprint density at radius 3 is 2.54 bits per heavy atom. The molecule has 24 heavy (non-hydrogen) atoms. The number of hydrogen-bond donors (Lipinski definition) is 3. The average Bonchev–Trinajstić information content (AvgIpc) is 2.98. The largest absolute Gasteiger partial charge is 0.361 e. The number of benzene rings is 2. The Bertz CT molecular complexity index is 866. The number of para-hydroxylation sites is 1. The maximum atomic E-state index is 12.2. The number of aromatic nitrogens is 1. The van der Waals surface area contributed by atoms with Crippen molar-refractivity contribution >= 4 is 28.4 Å². The highest BCUT2D eigenvalue weighted by molar-refractivity contribution is 5.95. The third-order valence-corrected chi connectivity index (χ3v) is 3.82. The second-order valence-electron chi connectivity index (χ2n) is 5.62. The van der Waals surface area contributed by atoms with Crippen molar-refractivity contribution in [2.24, 2.45) is 0 Å². The molecule has 0 saturated carbocycles. The Morgan fingerprint density at radius 2 is 1.79 bits per heavy atom. The number of hydrogen-bond acceptors (Lipinski definition) is 2. The van der Waals surface area contributed by atoms with Crippen LogP contribution in [0.3, 0.4) is 0 Å². The molecule has 0 aliphatic rings. The molecule has 0 spiro atoms. The lowest BCUT2D eigenvalue weighted by Gasteiger charge is -2.06. The van der Waals surface area contributed by atoms with Gasteiger partial charge in [-0.3, -0.25) is 9.59 Å². The summed E-state index contributed by atoms with van der Waals surface area (Å²) in [4.78, 5) is 26.4. The van der Waals surface area contributed by atoms with E-state index in [1.165, 1.54) is 17.9 Å². The lowest BCUT2D eigenvalue weighted by atomic mass is 10.1. The summed E-state index contributed by atoms with van der Waals surface area (Å²) in [5, 5.41) is 6.78. The van der Waals surface area contributed by atoms with Gasteiger partial charge in [-0.1, -0.05) is 18.2 Å². The Balaban J connectivity index is 1.56. The maximum Gasteiger partial charge on any atom is 0.251 e. The molecule has 0 aliphatic carbocycles. The molecular formula is C19H19N3O2. The van der Waals surface area contributed by atoms with E-state index < -0.39 is 0 Å². The van der Waals surface area contributed by atoms with Crippen LogP contribution in [0.5, 0.6) is 0 Å². The second kappa shape index (κ2) is 7.00. The van der Waals surface area contributed by atoms with Gasteiger partial charge in [-0.05, 0) is 42.3 Å². The van der Waals surface area contributed by atoms with Crippen molar-refractivity contribution in [3.63, 3.8) is 0 Å². The highest BCUT2D eigenvalue weighted by Gasteiger charge is 2.07. The summed E-state index contributed by atoms with van der Waals surface area (Å²) < 4.78 is 0. The Kier molecular flexibility index (Phi) is 4.61. The smallest absolute Gasteiger partial charge is 0.251 e. The van der Waals surface area contributed by atoms with Gasteiger partial charge >= 0.3 is 0 Å². The minimum Gasteiger partial charge on any atom is -0.361 e. The number of nitrogens with one attached hydrogen (secondary N) is 3. The molecule has 1 aromatic heterocycles. The SMILES string of the molecule is CC(=O)Nc1ccc(C(=O)NCCc2c[nH]c3ccccc23)cc1. The monoisotopic (exact) mass is 321 g/mol. The summed E-state index contributed by atoms with van der Waals surface area (Å²) in [5.74, 6) is -0.254. The number of carbonyl (C=O) groups excluding carboxylic acids is 2. The van der Waals surface area contributed by atoms with Crippen molar-refractivity contribution in [3.05, 3.63) is 65.9 Å². The highest BCUT2D eigenvalue weighted by atomic mass is 16.2. The van der Waals surface area contributed by atoms with Crippen LogP contribution in [0, 0.1) is 0 Å². The molecule has 2 amide bonds. The molecule has 122 valence electrons. The average molecular weight is 321 g/mol. The van der Waals surface area contributed by atoms with Crippen LogP contribution in [-0.2, 0) is 11.2 Å². The third-order valence-electron chi connectivity index (χ3n) is 3.82. The van der Waals surface area contributed by atoms with Crippen LogP contribution in [0.15, 0.2) is 54.7 Å². The zero-order chi connectivity index (χ0) is 16.9. The molecule has 3 rings (SSSR count). The van der Waals surface area contributed by atoms with Crippen molar-refractivity contribution in [3.8, 4) is 0 Å². The first kappa shape index (κ1) is 15.8. The van der Waals surface area contributed by atoms with E-state index in [-0.39, 0.29) is 11.8 Å². The molecular weight excluding hydrogens is 302 g/mol. The fraction of sp³-hybridized carbons (Fsp3) is 0.158. The molecule has 0 radical (unpaired) electrons. The summed E-state index contributed by atoms with van der Waals surface area (Å²) in [6.45, 7) is 2.01. The molecule has 2 aromatic carbocycles. The van der Waals surface area contributed by atoms with Gasteiger partial charge in [-0.2, -0.15) is 0 Å². The van der Waals surface area contributed by atoms with Crippen molar-refractivity contribution in [2.45, 2.75) is 13.3 Å². The highest BCUT2D eigenvalue weighted by Crippen LogP contribution is 2.17. The molecule has 0 saturated heterocycles. The summed E-state index contributed by atoms with van der Waals surface area (Å²) in [6.07, 6.45) is 2.75. The lowest BCUT2D eigenvalue weighted by molar-refractivity contribution is -0.114. The number of fused-ring (bicyclic) bond motifs is 1. The molecule has 3 N–H and O–H groups in total. The number of rotatable bonds is 5. The molecule has 0 bridgehead atoms. The number of amides is 2. The summed E-state index contributed by atoms with van der Waals surface area (Å²) in [5.41, 5.74) is 3.54. The van der Waals surface area contributed by atoms with Gasteiger partial charge in [0.05, 0.1) is 0 Å². The fourth-order valence-electron chi connectivity index (χ4n) is 2.66. The first-order valence-electron chi connectivity index (χ1n) is 7.84. The second-order valence-corrected chi connectivity index (χ2v) is 5.62. The van der Waals surface area contributed by atoms with E-state index in [0.29, 0.717) is 17.8 Å². The minimum atomic E-state index is -0.133. The zero-order valence-electron chi connectivity index (χ0n) is 13.4. The number of carbonyl (C=O) groups is 2. The van der Waals surface area contributed by atoms with Gasteiger partial charge in [0.1, 0.15) is 0 Å². The molecule has 5 heteroatoms. The topological polar surface area (TPSA) is 74.0 Å². The molecule has 0 aliphatic heterocycles. The van der Waals surface area contributed by atoms with E-state index in [1.807, 2.05) is 24.4 Å².